The molecule has 0 amide bonds. The van der Waals surface area contributed by atoms with Gasteiger partial charge in [0.2, 0.25) is 5.95 Å². The minimum Gasteiger partial charge on any atom is -0.492 e. The molecule has 0 saturated carbocycles. The third-order valence-electron chi connectivity index (χ3n) is 5.79. The van der Waals surface area contributed by atoms with E-state index in [2.05, 4.69) is 31.6 Å². The van der Waals surface area contributed by atoms with E-state index in [-0.39, 0.29) is 9.92 Å². The first-order valence-corrected chi connectivity index (χ1v) is 13.6. The molecule has 0 bridgehead atoms. The van der Waals surface area contributed by atoms with Crippen molar-refractivity contribution in [1.29, 1.82) is 0 Å². The minimum absolute atomic E-state index is 0.190. The number of ether oxygens (including phenoxy) is 1. The van der Waals surface area contributed by atoms with E-state index >= 15 is 0 Å². The topological polar surface area (TPSA) is 96.5 Å². The lowest BCUT2D eigenvalue weighted by Crippen LogP contribution is -2.17. The predicted molar refractivity (Wildman–Crippen MR) is 141 cm³/mol. The number of nitrogens with zero attached hydrogens (tertiary/aromatic N) is 3. The van der Waals surface area contributed by atoms with Crippen molar-refractivity contribution in [3.8, 4) is 5.75 Å². The molecule has 2 N–H and O–H groups in total. The van der Waals surface area contributed by atoms with Crippen LogP contribution in [0, 0.1) is 0 Å². The summed E-state index contributed by atoms with van der Waals surface area (Å²) < 4.78 is 31.5. The van der Waals surface area contributed by atoms with Gasteiger partial charge in [-0.05, 0) is 57.9 Å². The van der Waals surface area contributed by atoms with Gasteiger partial charge in [-0.1, -0.05) is 23.7 Å². The van der Waals surface area contributed by atoms with E-state index in [0.717, 1.165) is 24.5 Å². The van der Waals surface area contributed by atoms with Crippen molar-refractivity contribution in [3.05, 3.63) is 53.7 Å². The molecule has 8 nitrogen and oxygen atoms in total. The molecule has 4 rings (SSSR count). The molecule has 1 aliphatic heterocycles. The number of anilines is 5. The first-order valence-electron chi connectivity index (χ1n) is 11.7. The van der Waals surface area contributed by atoms with Crippen LogP contribution < -0.4 is 20.3 Å². The van der Waals surface area contributed by atoms with Crippen molar-refractivity contribution in [2.45, 2.75) is 43.8 Å². The number of sulfone groups is 1. The van der Waals surface area contributed by atoms with Crippen molar-refractivity contribution < 1.29 is 13.2 Å². The second-order valence-electron chi connectivity index (χ2n) is 8.54. The molecule has 3 aromatic rings. The van der Waals surface area contributed by atoms with Crippen LogP contribution >= 0.6 is 11.6 Å². The van der Waals surface area contributed by atoms with Gasteiger partial charge < -0.3 is 20.3 Å². The Morgan fingerprint density at radius 3 is 2.54 bits per heavy atom. The minimum atomic E-state index is -3.51. The average Bonchev–Trinajstić information content (AvgIpc) is 3.38. The molecular weight excluding hydrogens is 486 g/mol. The number of para-hydroxylation sites is 1. The molecule has 2 heterocycles. The highest BCUT2D eigenvalue weighted by Gasteiger charge is 2.23. The maximum Gasteiger partial charge on any atom is 0.229 e. The van der Waals surface area contributed by atoms with Gasteiger partial charge in [-0.3, -0.25) is 0 Å². The Morgan fingerprint density at radius 1 is 1.09 bits per heavy atom. The van der Waals surface area contributed by atoms with Crippen LogP contribution in [0.1, 0.15) is 33.6 Å². The lowest BCUT2D eigenvalue weighted by atomic mass is 10.2. The number of hydrogen-bond donors (Lipinski definition) is 2. The van der Waals surface area contributed by atoms with Crippen LogP contribution in [0.15, 0.2) is 53.6 Å². The zero-order chi connectivity index (χ0) is 25.0. The van der Waals surface area contributed by atoms with Crippen molar-refractivity contribution >= 4 is 50.3 Å². The molecule has 0 radical (unpaired) electrons. The molecule has 1 saturated heterocycles. The van der Waals surface area contributed by atoms with Crippen LogP contribution in [0.25, 0.3) is 0 Å². The number of benzene rings is 2. The number of nitrogens with one attached hydrogen (secondary N) is 2. The van der Waals surface area contributed by atoms with E-state index in [1.54, 1.807) is 38.1 Å². The van der Waals surface area contributed by atoms with Crippen LogP contribution in [0.5, 0.6) is 5.75 Å². The van der Waals surface area contributed by atoms with E-state index < -0.39 is 15.1 Å². The standard InChI is InChI=1S/C25H30ClN5O3S/c1-4-34-22-15-18(31-13-7-8-14-31)11-12-20(22)29-25-27-16-19(26)24(30-25)28-21-9-5-6-10-23(21)35(32,33)17(2)3/h5-6,9-12,15-17H,4,7-8,13-14H2,1-3H3,(H2,27,28,29,30). The fourth-order valence-electron chi connectivity index (χ4n) is 3.90. The van der Waals surface area contributed by atoms with Gasteiger partial charge in [0.05, 0.1) is 34.3 Å². The average molecular weight is 516 g/mol. The van der Waals surface area contributed by atoms with Crippen LogP contribution in [0.4, 0.5) is 28.8 Å². The highest BCUT2D eigenvalue weighted by atomic mass is 35.5. The van der Waals surface area contributed by atoms with Crippen LogP contribution in [-0.4, -0.2) is 43.3 Å². The van der Waals surface area contributed by atoms with Crippen molar-refractivity contribution in [1.82, 2.24) is 9.97 Å². The fraction of sp³-hybridized carbons (Fsp3) is 0.360. The van der Waals surface area contributed by atoms with Gasteiger partial charge >= 0.3 is 0 Å². The Bertz CT molecular complexity index is 1290. The number of rotatable bonds is 9. The van der Waals surface area contributed by atoms with Crippen LogP contribution in [-0.2, 0) is 9.84 Å². The molecule has 1 aliphatic rings. The monoisotopic (exact) mass is 515 g/mol. The molecular formula is C25H30ClN5O3S. The SMILES string of the molecule is CCOc1cc(N2CCCC2)ccc1Nc1ncc(Cl)c(Nc2ccccc2S(=O)(=O)C(C)C)n1. The summed E-state index contributed by atoms with van der Waals surface area (Å²) >= 11 is 6.36. The summed E-state index contributed by atoms with van der Waals surface area (Å²) in [6.07, 6.45) is 3.86. The van der Waals surface area contributed by atoms with Gasteiger partial charge in [-0.2, -0.15) is 4.98 Å². The number of aromatic nitrogens is 2. The molecule has 2 aromatic carbocycles. The van der Waals surface area contributed by atoms with E-state index in [1.807, 2.05) is 19.1 Å². The zero-order valence-corrected chi connectivity index (χ0v) is 21.7. The molecule has 0 atom stereocenters. The maximum atomic E-state index is 12.8. The Labute approximate surface area is 211 Å². The molecule has 1 aromatic heterocycles. The molecule has 10 heteroatoms. The third-order valence-corrected chi connectivity index (χ3v) is 8.28. The van der Waals surface area contributed by atoms with E-state index in [9.17, 15) is 8.42 Å². The molecule has 35 heavy (non-hydrogen) atoms. The summed E-state index contributed by atoms with van der Waals surface area (Å²) in [7, 11) is -3.51. The molecule has 1 fully saturated rings. The third kappa shape index (κ3) is 5.62. The quantitative estimate of drug-likeness (QED) is 0.369. The van der Waals surface area contributed by atoms with Gasteiger partial charge in [0.1, 0.15) is 10.8 Å². The Kier molecular flexibility index (Phi) is 7.66. The molecule has 0 spiro atoms. The summed E-state index contributed by atoms with van der Waals surface area (Å²) in [6.45, 7) is 7.85. The summed E-state index contributed by atoms with van der Waals surface area (Å²) in [6, 6.07) is 12.7. The Balaban J connectivity index is 1.62. The summed E-state index contributed by atoms with van der Waals surface area (Å²) in [4.78, 5) is 11.3. The Hall–Kier alpha value is -3.04. The van der Waals surface area contributed by atoms with Crippen molar-refractivity contribution in [3.63, 3.8) is 0 Å². The number of halogens is 1. The van der Waals surface area contributed by atoms with Crippen LogP contribution in [0.2, 0.25) is 5.02 Å². The first kappa shape index (κ1) is 25.1. The summed E-state index contributed by atoms with van der Waals surface area (Å²) in [5.74, 6) is 1.30. The largest absolute Gasteiger partial charge is 0.492 e. The first-order chi connectivity index (χ1) is 16.8. The Morgan fingerprint density at radius 2 is 1.83 bits per heavy atom. The van der Waals surface area contributed by atoms with Gasteiger partial charge in [-0.15, -0.1) is 0 Å². The number of hydrogen-bond acceptors (Lipinski definition) is 8. The van der Waals surface area contributed by atoms with E-state index in [4.69, 9.17) is 16.3 Å². The lowest BCUT2D eigenvalue weighted by molar-refractivity contribution is 0.342. The second-order valence-corrected chi connectivity index (χ2v) is 11.4. The van der Waals surface area contributed by atoms with Gasteiger partial charge in [0.15, 0.2) is 15.7 Å². The van der Waals surface area contributed by atoms with Gasteiger partial charge in [0, 0.05) is 24.8 Å². The zero-order valence-electron chi connectivity index (χ0n) is 20.1. The summed E-state index contributed by atoms with van der Waals surface area (Å²) in [5, 5.41) is 5.98. The van der Waals surface area contributed by atoms with Gasteiger partial charge in [-0.25, -0.2) is 13.4 Å². The smallest absolute Gasteiger partial charge is 0.229 e. The highest BCUT2D eigenvalue weighted by molar-refractivity contribution is 7.92. The van der Waals surface area contributed by atoms with Crippen molar-refractivity contribution in [2.24, 2.45) is 0 Å². The lowest BCUT2D eigenvalue weighted by Gasteiger charge is -2.20. The normalized spacial score (nSPS) is 13.8. The van der Waals surface area contributed by atoms with E-state index in [1.165, 1.54) is 19.0 Å². The fourth-order valence-corrected chi connectivity index (χ4v) is 5.24. The highest BCUT2D eigenvalue weighted by Crippen LogP contribution is 2.34. The van der Waals surface area contributed by atoms with Crippen LogP contribution in [0.3, 0.4) is 0 Å². The predicted octanol–water partition coefficient (Wildman–Crippen LogP) is 5.80. The van der Waals surface area contributed by atoms with Gasteiger partial charge in [0.25, 0.3) is 0 Å². The second kappa shape index (κ2) is 10.7. The summed E-state index contributed by atoms with van der Waals surface area (Å²) in [5.41, 5.74) is 2.25. The maximum absolute atomic E-state index is 12.8. The van der Waals surface area contributed by atoms with Crippen molar-refractivity contribution in [2.75, 3.05) is 35.2 Å². The molecule has 186 valence electrons. The molecule has 0 unspecified atom stereocenters. The van der Waals surface area contributed by atoms with E-state index in [0.29, 0.717) is 29.8 Å². The molecule has 0 aliphatic carbocycles.